The third-order valence-corrected chi connectivity index (χ3v) is 12.6. The van der Waals surface area contributed by atoms with Gasteiger partial charge in [0, 0.05) is 0 Å². The van der Waals surface area contributed by atoms with Gasteiger partial charge in [-0.05, 0) is 38.1 Å². The van der Waals surface area contributed by atoms with Crippen LogP contribution in [0.5, 0.6) is 0 Å². The fourth-order valence-corrected chi connectivity index (χ4v) is 11.1. The number of hydrogen-bond donors (Lipinski definition) is 0. The average molecular weight is 385 g/mol. The fraction of sp³-hybridized carbons (Fsp3) is 0.200. The Morgan fingerprint density at radius 3 is 1.36 bits per heavy atom. The molecule has 2 aromatic rings. The van der Waals surface area contributed by atoms with Crippen LogP contribution < -0.4 is 10.4 Å². The zero-order valence-electron chi connectivity index (χ0n) is 15.7. The highest BCUT2D eigenvalue weighted by Crippen LogP contribution is 2.10. The van der Waals surface area contributed by atoms with Crippen LogP contribution in [-0.4, -0.2) is 28.1 Å². The van der Waals surface area contributed by atoms with Crippen molar-refractivity contribution in [2.24, 2.45) is 0 Å². The molecule has 0 amide bonds. The van der Waals surface area contributed by atoms with Gasteiger partial charge in [-0.25, -0.2) is 0 Å². The van der Waals surface area contributed by atoms with Gasteiger partial charge in [0.1, 0.15) is 0 Å². The molecule has 0 radical (unpaired) electrons. The van der Waals surface area contributed by atoms with E-state index in [1.54, 1.807) is 0 Å². The van der Waals surface area contributed by atoms with Gasteiger partial charge in [0.05, 0.1) is 0 Å². The third-order valence-electron chi connectivity index (χ3n) is 3.86. The summed E-state index contributed by atoms with van der Waals surface area (Å²) in [5, 5.41) is 2.40. The van der Waals surface area contributed by atoms with E-state index in [1.165, 1.54) is 21.5 Å². The maximum Gasteiger partial charge on any atom is 0.386 e. The smallest absolute Gasteiger partial charge is 0.386 e. The first-order valence-electron chi connectivity index (χ1n) is 8.70. The highest BCUT2D eigenvalue weighted by molar-refractivity contribution is 6.97. The molecule has 0 heterocycles. The maximum absolute atomic E-state index is 6.68. The second-order valence-corrected chi connectivity index (χ2v) is 12.7. The van der Waals surface area contributed by atoms with Crippen LogP contribution in [0.15, 0.2) is 83.2 Å². The SMILES string of the molecule is CC(C)=C[SiH2]O[Si](O[SiH2]C=C(C)C)(c1ccccc1)c1ccccc1. The highest BCUT2D eigenvalue weighted by atomic mass is 28.4. The third kappa shape index (κ3) is 5.76. The van der Waals surface area contributed by atoms with Gasteiger partial charge < -0.3 is 8.23 Å². The van der Waals surface area contributed by atoms with E-state index in [1.807, 2.05) is 0 Å². The van der Waals surface area contributed by atoms with Crippen molar-refractivity contribution >= 4 is 38.5 Å². The van der Waals surface area contributed by atoms with E-state index >= 15 is 0 Å². The van der Waals surface area contributed by atoms with E-state index in [2.05, 4.69) is 99.8 Å². The monoisotopic (exact) mass is 384 g/mol. The van der Waals surface area contributed by atoms with Gasteiger partial charge in [-0.2, -0.15) is 0 Å². The summed E-state index contributed by atoms with van der Waals surface area (Å²) in [6.07, 6.45) is 0. The molecule has 132 valence electrons. The predicted octanol–water partition coefficient (Wildman–Crippen LogP) is 2.29. The number of benzene rings is 2. The van der Waals surface area contributed by atoms with E-state index in [4.69, 9.17) is 8.23 Å². The molecule has 0 aliphatic heterocycles. The van der Waals surface area contributed by atoms with Gasteiger partial charge >= 0.3 is 8.56 Å². The van der Waals surface area contributed by atoms with Crippen LogP contribution in [-0.2, 0) is 8.23 Å². The summed E-state index contributed by atoms with van der Waals surface area (Å²) < 4.78 is 13.4. The second-order valence-electron chi connectivity index (χ2n) is 6.53. The summed E-state index contributed by atoms with van der Waals surface area (Å²) in [6.45, 7) is 8.51. The number of hydrogen-bond acceptors (Lipinski definition) is 2. The Morgan fingerprint density at radius 1 is 0.680 bits per heavy atom. The van der Waals surface area contributed by atoms with Gasteiger partial charge in [-0.1, -0.05) is 83.2 Å². The number of rotatable bonds is 8. The Bertz CT molecular complexity index is 641. The molecule has 0 unspecified atom stereocenters. The molecule has 0 aromatic heterocycles. The first-order chi connectivity index (χ1) is 12.0. The Kier molecular flexibility index (Phi) is 7.80. The quantitative estimate of drug-likeness (QED) is 0.650. The van der Waals surface area contributed by atoms with Crippen LogP contribution in [0.25, 0.3) is 0 Å². The molecule has 0 fully saturated rings. The summed E-state index contributed by atoms with van der Waals surface area (Å²) in [6, 6.07) is 21.1. The lowest BCUT2D eigenvalue weighted by atomic mass is 10.4. The summed E-state index contributed by atoms with van der Waals surface area (Å²) in [7, 11) is -4.25. The molecule has 2 nitrogen and oxygen atoms in total. The minimum Gasteiger partial charge on any atom is -0.432 e. The van der Waals surface area contributed by atoms with Crippen molar-refractivity contribution < 1.29 is 8.23 Å². The van der Waals surface area contributed by atoms with E-state index in [0.717, 1.165) is 0 Å². The molecule has 2 aromatic carbocycles. The standard InChI is InChI=1S/C20H28O2Si3/c1-17(2)15-23-21-25(22-24-16-18(3)4,19-11-7-5-8-12-19)20-13-9-6-10-14-20/h5-16H,23-24H2,1-4H3. The molecule has 0 spiro atoms. The molecule has 0 aliphatic rings. The van der Waals surface area contributed by atoms with Crippen molar-refractivity contribution in [2.75, 3.05) is 0 Å². The molecule has 5 heteroatoms. The molecular weight excluding hydrogens is 356 g/mol. The minimum atomic E-state index is -2.65. The zero-order chi connectivity index (χ0) is 18.1. The zero-order valence-corrected chi connectivity index (χ0v) is 19.5. The van der Waals surface area contributed by atoms with Gasteiger partial charge in [-0.3, -0.25) is 0 Å². The van der Waals surface area contributed by atoms with Gasteiger partial charge in [-0.15, -0.1) is 0 Å². The molecule has 2 rings (SSSR count). The second kappa shape index (κ2) is 9.84. The van der Waals surface area contributed by atoms with Crippen LogP contribution in [0.1, 0.15) is 27.7 Å². The molecule has 0 atom stereocenters. The lowest BCUT2D eigenvalue weighted by molar-refractivity contribution is 0.454. The van der Waals surface area contributed by atoms with Crippen molar-refractivity contribution in [3.05, 3.63) is 83.2 Å². The average Bonchev–Trinajstić information content (AvgIpc) is 2.61. The Labute approximate surface area is 157 Å². The molecule has 0 N–H and O–H groups in total. The number of allylic oxidation sites excluding steroid dienone is 2. The Balaban J connectivity index is 2.47. The lowest BCUT2D eigenvalue weighted by Crippen LogP contribution is -2.64. The lowest BCUT2D eigenvalue weighted by Gasteiger charge is -2.32. The largest absolute Gasteiger partial charge is 0.432 e. The van der Waals surface area contributed by atoms with Crippen molar-refractivity contribution in [1.82, 2.24) is 0 Å². The van der Waals surface area contributed by atoms with Crippen LogP contribution in [0.2, 0.25) is 0 Å². The Hall–Kier alpha value is -1.51. The molecular formula is C20H28O2Si3. The molecule has 25 heavy (non-hydrogen) atoms. The Morgan fingerprint density at radius 2 is 1.04 bits per heavy atom. The summed E-state index contributed by atoms with van der Waals surface area (Å²) >= 11 is 0. The first kappa shape index (κ1) is 19.8. The van der Waals surface area contributed by atoms with E-state index < -0.39 is 28.1 Å². The van der Waals surface area contributed by atoms with E-state index in [0.29, 0.717) is 0 Å². The van der Waals surface area contributed by atoms with Crippen LogP contribution in [0, 0.1) is 0 Å². The van der Waals surface area contributed by atoms with Gasteiger partial charge in [0.15, 0.2) is 19.5 Å². The summed E-state index contributed by atoms with van der Waals surface area (Å²) in [5.74, 6) is 0. The van der Waals surface area contributed by atoms with Crippen molar-refractivity contribution in [1.29, 1.82) is 0 Å². The summed E-state index contributed by atoms with van der Waals surface area (Å²) in [4.78, 5) is 0. The van der Waals surface area contributed by atoms with Crippen LogP contribution >= 0.6 is 0 Å². The summed E-state index contributed by atoms with van der Waals surface area (Å²) in [5.41, 5.74) is 7.16. The van der Waals surface area contributed by atoms with Crippen molar-refractivity contribution in [3.63, 3.8) is 0 Å². The maximum atomic E-state index is 6.68. The van der Waals surface area contributed by atoms with Crippen molar-refractivity contribution in [2.45, 2.75) is 27.7 Å². The molecule has 0 aliphatic carbocycles. The highest BCUT2D eigenvalue weighted by Gasteiger charge is 2.41. The molecule has 0 bridgehead atoms. The first-order valence-corrected chi connectivity index (χ1v) is 13.3. The minimum absolute atomic E-state index is 0.799. The van der Waals surface area contributed by atoms with Gasteiger partial charge in [0.2, 0.25) is 0 Å². The topological polar surface area (TPSA) is 18.5 Å². The molecule has 0 saturated heterocycles. The van der Waals surface area contributed by atoms with Crippen LogP contribution in [0.3, 0.4) is 0 Å². The van der Waals surface area contributed by atoms with Gasteiger partial charge in [0.25, 0.3) is 0 Å². The molecule has 0 saturated carbocycles. The van der Waals surface area contributed by atoms with E-state index in [-0.39, 0.29) is 0 Å². The normalized spacial score (nSPS) is 12.0. The fourth-order valence-electron chi connectivity index (χ4n) is 2.51. The van der Waals surface area contributed by atoms with Crippen molar-refractivity contribution in [3.8, 4) is 0 Å². The van der Waals surface area contributed by atoms with Crippen LogP contribution in [0.4, 0.5) is 0 Å². The predicted molar refractivity (Wildman–Crippen MR) is 116 cm³/mol. The van der Waals surface area contributed by atoms with E-state index in [9.17, 15) is 0 Å².